The van der Waals surface area contributed by atoms with Crippen LogP contribution < -0.4 is 0 Å². The minimum absolute atomic E-state index is 0.304. The van der Waals surface area contributed by atoms with Crippen molar-refractivity contribution in [3.8, 4) is 17.1 Å². The summed E-state index contributed by atoms with van der Waals surface area (Å²) >= 11 is 1.72. The Bertz CT molecular complexity index is 904. The fourth-order valence-electron chi connectivity index (χ4n) is 3.26. The largest absolute Gasteiger partial charge is 0.377 e. The topological polar surface area (TPSA) is 52.8 Å². The normalized spacial score (nSPS) is 17.2. The van der Waals surface area contributed by atoms with Gasteiger partial charge in [0.15, 0.2) is 11.0 Å². The number of aryl methyl sites for hydroxylation is 2. The van der Waals surface area contributed by atoms with Crippen LogP contribution in [0.1, 0.15) is 30.4 Å². The summed E-state index contributed by atoms with van der Waals surface area (Å²) < 4.78 is 8.03. The van der Waals surface area contributed by atoms with E-state index in [9.17, 15) is 0 Å². The van der Waals surface area contributed by atoms with Gasteiger partial charge in [0.1, 0.15) is 0 Å². The highest BCUT2D eigenvalue weighted by atomic mass is 32.2. The molecule has 1 saturated heterocycles. The number of benzene rings is 1. The zero-order valence-corrected chi connectivity index (χ0v) is 16.6. The van der Waals surface area contributed by atoms with Crippen LogP contribution in [0.2, 0.25) is 0 Å². The van der Waals surface area contributed by atoms with E-state index in [1.165, 1.54) is 24.0 Å². The first-order valence-corrected chi connectivity index (χ1v) is 10.4. The maximum absolute atomic E-state index is 5.88. The van der Waals surface area contributed by atoms with E-state index in [0.29, 0.717) is 6.10 Å². The van der Waals surface area contributed by atoms with E-state index < -0.39 is 0 Å². The number of rotatable bonds is 5. The molecule has 140 valence electrons. The smallest absolute Gasteiger partial charge is 0.196 e. The predicted octanol–water partition coefficient (Wildman–Crippen LogP) is 4.61. The van der Waals surface area contributed by atoms with E-state index in [2.05, 4.69) is 51.8 Å². The van der Waals surface area contributed by atoms with Gasteiger partial charge in [0, 0.05) is 30.3 Å². The van der Waals surface area contributed by atoms with E-state index in [-0.39, 0.29) is 0 Å². The zero-order chi connectivity index (χ0) is 18.6. The predicted molar refractivity (Wildman–Crippen MR) is 108 cm³/mol. The molecule has 1 aliphatic rings. The van der Waals surface area contributed by atoms with Crippen LogP contribution in [0.25, 0.3) is 17.1 Å². The Labute approximate surface area is 164 Å². The minimum Gasteiger partial charge on any atom is -0.377 e. The molecule has 0 aliphatic carbocycles. The second-order valence-corrected chi connectivity index (χ2v) is 7.93. The lowest BCUT2D eigenvalue weighted by atomic mass is 10.1. The van der Waals surface area contributed by atoms with E-state index in [1.54, 1.807) is 24.2 Å². The average Bonchev–Trinajstić information content (AvgIpc) is 3.14. The molecule has 0 saturated carbocycles. The van der Waals surface area contributed by atoms with Crippen LogP contribution in [-0.4, -0.2) is 38.2 Å². The van der Waals surface area contributed by atoms with Crippen LogP contribution in [0, 0.1) is 13.8 Å². The molecule has 6 heteroatoms. The lowest BCUT2D eigenvalue weighted by Crippen LogP contribution is -2.21. The van der Waals surface area contributed by atoms with Gasteiger partial charge in [-0.25, -0.2) is 0 Å². The third-order valence-corrected chi connectivity index (χ3v) is 6.05. The molecule has 0 radical (unpaired) electrons. The average molecular weight is 381 g/mol. The van der Waals surface area contributed by atoms with Gasteiger partial charge in [0.05, 0.1) is 11.8 Å². The molecule has 27 heavy (non-hydrogen) atoms. The van der Waals surface area contributed by atoms with Gasteiger partial charge in [0.2, 0.25) is 0 Å². The molecule has 0 N–H and O–H groups in total. The Morgan fingerprint density at radius 3 is 2.67 bits per heavy atom. The van der Waals surface area contributed by atoms with Crippen molar-refractivity contribution in [3.05, 3.63) is 53.9 Å². The SMILES string of the molecule is Cc1ccc(-n2c(SC[C@@H]3CCCCO3)nnc2-c2ccncc2)cc1C. The number of aromatic nitrogens is 4. The standard InChI is InChI=1S/C21H24N4OS/c1-15-6-7-18(13-16(15)2)25-20(17-8-10-22-11-9-17)23-24-21(25)27-14-19-5-3-4-12-26-19/h6-11,13,19H,3-5,12,14H2,1-2H3/t19-/m0/s1. The van der Waals surface area contributed by atoms with Crippen molar-refractivity contribution in [2.45, 2.75) is 44.4 Å². The van der Waals surface area contributed by atoms with Crippen LogP contribution in [-0.2, 0) is 4.74 Å². The zero-order valence-electron chi connectivity index (χ0n) is 15.8. The van der Waals surface area contributed by atoms with Gasteiger partial charge in [-0.2, -0.15) is 0 Å². The van der Waals surface area contributed by atoms with Crippen LogP contribution in [0.3, 0.4) is 0 Å². The molecule has 2 aromatic heterocycles. The minimum atomic E-state index is 0.304. The van der Waals surface area contributed by atoms with Crippen LogP contribution in [0.15, 0.2) is 47.9 Å². The lowest BCUT2D eigenvalue weighted by Gasteiger charge is -2.22. The Morgan fingerprint density at radius 1 is 1.07 bits per heavy atom. The highest BCUT2D eigenvalue weighted by Crippen LogP contribution is 2.30. The molecule has 0 amide bonds. The van der Waals surface area contributed by atoms with Crippen molar-refractivity contribution >= 4 is 11.8 Å². The van der Waals surface area contributed by atoms with Gasteiger partial charge in [-0.15, -0.1) is 10.2 Å². The van der Waals surface area contributed by atoms with Crippen LogP contribution in [0.4, 0.5) is 0 Å². The van der Waals surface area contributed by atoms with Gasteiger partial charge in [-0.3, -0.25) is 9.55 Å². The number of hydrogen-bond donors (Lipinski definition) is 0. The maximum Gasteiger partial charge on any atom is 0.196 e. The summed E-state index contributed by atoms with van der Waals surface area (Å²) in [5.74, 6) is 1.74. The highest BCUT2D eigenvalue weighted by Gasteiger charge is 2.20. The molecule has 3 aromatic rings. The number of pyridine rings is 1. The van der Waals surface area contributed by atoms with E-state index >= 15 is 0 Å². The number of nitrogens with zero attached hydrogens (tertiary/aromatic N) is 4. The molecule has 0 unspecified atom stereocenters. The fraction of sp³-hybridized carbons (Fsp3) is 0.381. The van der Waals surface area contributed by atoms with Crippen molar-refractivity contribution < 1.29 is 4.74 Å². The molecule has 1 aromatic carbocycles. The Morgan fingerprint density at radius 2 is 1.93 bits per heavy atom. The van der Waals surface area contributed by atoms with E-state index in [0.717, 1.165) is 41.0 Å². The first kappa shape index (κ1) is 18.2. The molecule has 1 aliphatic heterocycles. The number of thioether (sulfide) groups is 1. The van der Waals surface area contributed by atoms with Crippen molar-refractivity contribution in [1.82, 2.24) is 19.7 Å². The molecule has 0 spiro atoms. The van der Waals surface area contributed by atoms with Gasteiger partial charge < -0.3 is 4.74 Å². The first-order chi connectivity index (χ1) is 13.2. The second-order valence-electron chi connectivity index (χ2n) is 6.95. The first-order valence-electron chi connectivity index (χ1n) is 9.40. The van der Waals surface area contributed by atoms with Crippen molar-refractivity contribution in [3.63, 3.8) is 0 Å². The van der Waals surface area contributed by atoms with Crippen molar-refractivity contribution in [2.75, 3.05) is 12.4 Å². The molecule has 4 rings (SSSR count). The molecule has 1 atom stereocenters. The number of ether oxygens (including phenoxy) is 1. The monoisotopic (exact) mass is 380 g/mol. The molecular formula is C21H24N4OS. The van der Waals surface area contributed by atoms with E-state index in [4.69, 9.17) is 4.74 Å². The van der Waals surface area contributed by atoms with Gasteiger partial charge in [-0.05, 0) is 68.5 Å². The quantitative estimate of drug-likeness (QED) is 0.605. The summed E-state index contributed by atoms with van der Waals surface area (Å²) in [5, 5.41) is 9.91. The van der Waals surface area contributed by atoms with Crippen molar-refractivity contribution in [1.29, 1.82) is 0 Å². The molecule has 1 fully saturated rings. The molecule has 3 heterocycles. The Kier molecular flexibility index (Phi) is 5.55. The fourth-order valence-corrected chi connectivity index (χ4v) is 4.27. The Balaban J connectivity index is 1.70. The third kappa shape index (κ3) is 4.06. The number of hydrogen-bond acceptors (Lipinski definition) is 5. The summed E-state index contributed by atoms with van der Waals surface area (Å²) in [7, 11) is 0. The molecule has 0 bridgehead atoms. The summed E-state index contributed by atoms with van der Waals surface area (Å²) in [6.07, 6.45) is 7.43. The van der Waals surface area contributed by atoms with Gasteiger partial charge in [0.25, 0.3) is 0 Å². The van der Waals surface area contributed by atoms with Gasteiger partial charge >= 0.3 is 0 Å². The molecule has 5 nitrogen and oxygen atoms in total. The van der Waals surface area contributed by atoms with Crippen LogP contribution >= 0.6 is 11.8 Å². The lowest BCUT2D eigenvalue weighted by molar-refractivity contribution is 0.0315. The third-order valence-electron chi connectivity index (χ3n) is 4.99. The maximum atomic E-state index is 5.88. The molecular weight excluding hydrogens is 356 g/mol. The Hall–Kier alpha value is -2.18. The highest BCUT2D eigenvalue weighted by molar-refractivity contribution is 7.99. The van der Waals surface area contributed by atoms with Crippen LogP contribution in [0.5, 0.6) is 0 Å². The van der Waals surface area contributed by atoms with E-state index in [1.807, 2.05) is 12.1 Å². The van der Waals surface area contributed by atoms with Gasteiger partial charge in [-0.1, -0.05) is 17.8 Å². The summed E-state index contributed by atoms with van der Waals surface area (Å²) in [6, 6.07) is 10.4. The van der Waals surface area contributed by atoms with Crippen molar-refractivity contribution in [2.24, 2.45) is 0 Å². The summed E-state index contributed by atoms with van der Waals surface area (Å²) in [5.41, 5.74) is 4.63. The second kappa shape index (κ2) is 8.23. The summed E-state index contributed by atoms with van der Waals surface area (Å²) in [6.45, 7) is 5.14. The summed E-state index contributed by atoms with van der Waals surface area (Å²) in [4.78, 5) is 4.12.